The van der Waals surface area contributed by atoms with E-state index in [4.69, 9.17) is 0 Å². The van der Waals surface area contributed by atoms with E-state index in [1.54, 1.807) is 0 Å². The molecule has 0 aliphatic rings. The van der Waals surface area contributed by atoms with Gasteiger partial charge in [0.1, 0.15) is 6.10 Å². The van der Waals surface area contributed by atoms with Gasteiger partial charge in [-0.2, -0.15) is 0 Å². The maximum Gasteiger partial charge on any atom is 0.161 e. The van der Waals surface area contributed by atoms with Crippen LogP contribution in [0.25, 0.3) is 0 Å². The summed E-state index contributed by atoms with van der Waals surface area (Å²) >= 11 is 0. The molecule has 0 aliphatic heterocycles. The highest BCUT2D eigenvalue weighted by Gasteiger charge is 2.14. The maximum absolute atomic E-state index is 11.9. The van der Waals surface area contributed by atoms with Gasteiger partial charge in [-0.25, -0.2) is 0 Å². The monoisotopic (exact) mass is 268 g/mol. The molecule has 1 N–H and O–H groups in total. The summed E-state index contributed by atoms with van der Waals surface area (Å²) in [5.74, 6) is -0.0650. The van der Waals surface area contributed by atoms with E-state index in [2.05, 4.69) is 0 Å². The molecule has 0 fully saturated rings. The van der Waals surface area contributed by atoms with E-state index in [-0.39, 0.29) is 5.78 Å². The zero-order valence-corrected chi connectivity index (χ0v) is 11.5. The number of aryl methyl sites for hydroxylation is 2. The average Bonchev–Trinajstić information content (AvgIpc) is 2.52. The Kier molecular flexibility index (Phi) is 5.51. The molecule has 20 heavy (non-hydrogen) atoms. The van der Waals surface area contributed by atoms with E-state index >= 15 is 0 Å². The molecular weight excluding hydrogens is 248 g/mol. The van der Waals surface area contributed by atoms with Gasteiger partial charge in [-0.3, -0.25) is 4.79 Å². The van der Waals surface area contributed by atoms with Gasteiger partial charge in [-0.05, 0) is 30.4 Å². The highest BCUT2D eigenvalue weighted by molar-refractivity contribution is 5.82. The van der Waals surface area contributed by atoms with E-state index in [1.807, 2.05) is 60.7 Å². The van der Waals surface area contributed by atoms with E-state index in [9.17, 15) is 9.90 Å². The second-order valence-electron chi connectivity index (χ2n) is 4.99. The Morgan fingerprint density at radius 2 is 1.35 bits per heavy atom. The lowest BCUT2D eigenvalue weighted by Gasteiger charge is -2.09. The second-order valence-corrected chi connectivity index (χ2v) is 4.99. The van der Waals surface area contributed by atoms with E-state index in [1.165, 1.54) is 0 Å². The molecule has 0 unspecified atom stereocenters. The Bertz CT molecular complexity index is 520. The third-order valence-electron chi connectivity index (χ3n) is 3.42. The van der Waals surface area contributed by atoms with Gasteiger partial charge in [0, 0.05) is 6.42 Å². The van der Waals surface area contributed by atoms with Crippen molar-refractivity contribution in [1.82, 2.24) is 0 Å². The normalized spacial score (nSPS) is 12.1. The van der Waals surface area contributed by atoms with Gasteiger partial charge in [0.2, 0.25) is 0 Å². The van der Waals surface area contributed by atoms with Crippen LogP contribution in [0.1, 0.15) is 24.0 Å². The van der Waals surface area contributed by atoms with Crippen LogP contribution in [-0.4, -0.2) is 17.0 Å². The molecule has 0 saturated heterocycles. The molecule has 0 spiro atoms. The molecule has 0 heterocycles. The Labute approximate surface area is 120 Å². The summed E-state index contributed by atoms with van der Waals surface area (Å²) in [6, 6.07) is 19.8. The number of Topliss-reactive ketones (excluding diaryl/α,β-unsaturated/α-hetero) is 1. The smallest absolute Gasteiger partial charge is 0.161 e. The number of hydrogen-bond donors (Lipinski definition) is 1. The number of carbonyl (C=O) groups is 1. The van der Waals surface area contributed by atoms with Gasteiger partial charge in [0.15, 0.2) is 5.78 Å². The topological polar surface area (TPSA) is 37.3 Å². The predicted molar refractivity (Wildman–Crippen MR) is 80.5 cm³/mol. The Hall–Kier alpha value is -1.93. The molecule has 2 aromatic carbocycles. The molecule has 0 saturated carbocycles. The molecular formula is C18H20O2. The molecule has 104 valence electrons. The standard InChI is InChI=1S/C18H20O2/c19-17(13-11-15-7-3-1-4-8-15)18(20)14-12-16-9-5-2-6-10-16/h1-10,17,19H,11-14H2/t17-/m1/s1. The van der Waals surface area contributed by atoms with E-state index < -0.39 is 6.10 Å². The lowest BCUT2D eigenvalue weighted by molar-refractivity contribution is -0.127. The minimum atomic E-state index is -0.848. The third kappa shape index (κ3) is 4.63. The summed E-state index contributed by atoms with van der Waals surface area (Å²) in [6.45, 7) is 0. The first-order valence-corrected chi connectivity index (χ1v) is 7.04. The molecule has 2 rings (SSSR count). The number of carbonyl (C=O) groups excluding carboxylic acids is 1. The zero-order chi connectivity index (χ0) is 14.2. The summed E-state index contributed by atoms with van der Waals surface area (Å²) < 4.78 is 0. The van der Waals surface area contributed by atoms with Crippen molar-refractivity contribution >= 4 is 5.78 Å². The first-order valence-electron chi connectivity index (χ1n) is 7.04. The van der Waals surface area contributed by atoms with Gasteiger partial charge in [-0.15, -0.1) is 0 Å². The van der Waals surface area contributed by atoms with Crippen molar-refractivity contribution in [2.45, 2.75) is 31.8 Å². The van der Waals surface area contributed by atoms with Crippen molar-refractivity contribution in [2.75, 3.05) is 0 Å². The largest absolute Gasteiger partial charge is 0.385 e. The number of aliphatic hydroxyl groups is 1. The quantitative estimate of drug-likeness (QED) is 0.837. The molecule has 0 bridgehead atoms. The Morgan fingerprint density at radius 3 is 1.90 bits per heavy atom. The van der Waals surface area contributed by atoms with Gasteiger partial charge >= 0.3 is 0 Å². The summed E-state index contributed by atoms with van der Waals surface area (Å²) in [4.78, 5) is 11.9. The molecule has 2 heteroatoms. The van der Waals surface area contributed by atoms with Crippen LogP contribution in [-0.2, 0) is 17.6 Å². The van der Waals surface area contributed by atoms with Crippen molar-refractivity contribution < 1.29 is 9.90 Å². The van der Waals surface area contributed by atoms with Crippen molar-refractivity contribution in [1.29, 1.82) is 0 Å². The maximum atomic E-state index is 11.9. The molecule has 0 radical (unpaired) electrons. The lowest BCUT2D eigenvalue weighted by atomic mass is 10.00. The van der Waals surface area contributed by atoms with Crippen molar-refractivity contribution in [3.8, 4) is 0 Å². The summed E-state index contributed by atoms with van der Waals surface area (Å²) in [7, 11) is 0. The van der Waals surface area contributed by atoms with Crippen LogP contribution in [0.3, 0.4) is 0 Å². The highest BCUT2D eigenvalue weighted by atomic mass is 16.3. The van der Waals surface area contributed by atoms with Crippen LogP contribution in [0.4, 0.5) is 0 Å². The highest BCUT2D eigenvalue weighted by Crippen LogP contribution is 2.09. The van der Waals surface area contributed by atoms with E-state index in [0.717, 1.165) is 17.5 Å². The Morgan fingerprint density at radius 1 is 0.850 bits per heavy atom. The summed E-state index contributed by atoms with van der Waals surface area (Å²) in [5.41, 5.74) is 2.29. The zero-order valence-electron chi connectivity index (χ0n) is 11.5. The third-order valence-corrected chi connectivity index (χ3v) is 3.42. The number of aliphatic hydroxyl groups excluding tert-OH is 1. The molecule has 2 aromatic rings. The van der Waals surface area contributed by atoms with Crippen LogP contribution < -0.4 is 0 Å². The SMILES string of the molecule is O=C(CCc1ccccc1)[C@H](O)CCc1ccccc1. The molecule has 2 nitrogen and oxygen atoms in total. The molecule has 0 amide bonds. The molecule has 0 aliphatic carbocycles. The first-order chi connectivity index (χ1) is 9.75. The van der Waals surface area contributed by atoms with E-state index in [0.29, 0.717) is 19.3 Å². The fraction of sp³-hybridized carbons (Fsp3) is 0.278. The first kappa shape index (κ1) is 14.5. The van der Waals surface area contributed by atoms with Gasteiger partial charge in [0.25, 0.3) is 0 Å². The predicted octanol–water partition coefficient (Wildman–Crippen LogP) is 3.18. The number of rotatable bonds is 7. The van der Waals surface area contributed by atoms with Crippen LogP contribution in [0.2, 0.25) is 0 Å². The average molecular weight is 268 g/mol. The lowest BCUT2D eigenvalue weighted by Crippen LogP contribution is -2.21. The minimum Gasteiger partial charge on any atom is -0.385 e. The van der Waals surface area contributed by atoms with Crippen LogP contribution >= 0.6 is 0 Å². The van der Waals surface area contributed by atoms with Crippen molar-refractivity contribution in [2.24, 2.45) is 0 Å². The van der Waals surface area contributed by atoms with Gasteiger partial charge in [0.05, 0.1) is 0 Å². The number of hydrogen-bond acceptors (Lipinski definition) is 2. The fourth-order valence-corrected chi connectivity index (χ4v) is 2.19. The fourth-order valence-electron chi connectivity index (χ4n) is 2.19. The minimum absolute atomic E-state index is 0.0650. The number of ketones is 1. The van der Waals surface area contributed by atoms with Crippen LogP contribution in [0.5, 0.6) is 0 Å². The van der Waals surface area contributed by atoms with Crippen molar-refractivity contribution in [3.05, 3.63) is 71.8 Å². The summed E-state index contributed by atoms with van der Waals surface area (Å²) in [6.07, 6.45) is 1.48. The Balaban J connectivity index is 1.75. The van der Waals surface area contributed by atoms with Crippen LogP contribution in [0, 0.1) is 0 Å². The summed E-state index contributed by atoms with van der Waals surface area (Å²) in [5, 5.41) is 9.91. The van der Waals surface area contributed by atoms with Crippen molar-refractivity contribution in [3.63, 3.8) is 0 Å². The van der Waals surface area contributed by atoms with Crippen LogP contribution in [0.15, 0.2) is 60.7 Å². The second kappa shape index (κ2) is 7.61. The molecule has 1 atom stereocenters. The van der Waals surface area contributed by atoms with Gasteiger partial charge in [-0.1, -0.05) is 60.7 Å². The number of benzene rings is 2. The van der Waals surface area contributed by atoms with Gasteiger partial charge < -0.3 is 5.11 Å². The molecule has 0 aromatic heterocycles.